The number of hydrogen-bond acceptors (Lipinski definition) is 4. The SMILES string of the molecule is CCC1c2cn[nH]c2CC(C=O)N1S(=O)(=O)c1ccc(C)cc1. The number of fused-ring (bicyclic) bond motifs is 1. The summed E-state index contributed by atoms with van der Waals surface area (Å²) < 4.78 is 27.5. The maximum Gasteiger partial charge on any atom is 0.244 e. The molecule has 3 rings (SSSR count). The predicted octanol–water partition coefficient (Wildman–Crippen LogP) is 1.98. The Kier molecular flexibility index (Phi) is 4.08. The summed E-state index contributed by atoms with van der Waals surface area (Å²) in [4.78, 5) is 11.8. The number of aryl methyl sites for hydroxylation is 1. The van der Waals surface area contributed by atoms with E-state index in [2.05, 4.69) is 10.2 Å². The van der Waals surface area contributed by atoms with Crippen molar-refractivity contribution in [3.63, 3.8) is 0 Å². The second-order valence-corrected chi connectivity index (χ2v) is 7.63. The number of benzene rings is 1. The zero-order valence-electron chi connectivity index (χ0n) is 13.1. The summed E-state index contributed by atoms with van der Waals surface area (Å²) in [6.45, 7) is 3.81. The van der Waals surface area contributed by atoms with Crippen molar-refractivity contribution in [3.05, 3.63) is 47.3 Å². The minimum absolute atomic E-state index is 0.209. The van der Waals surface area contributed by atoms with Gasteiger partial charge in [-0.15, -0.1) is 0 Å². The monoisotopic (exact) mass is 333 g/mol. The lowest BCUT2D eigenvalue weighted by Gasteiger charge is -2.37. The summed E-state index contributed by atoms with van der Waals surface area (Å²) in [6, 6.07) is 5.58. The quantitative estimate of drug-likeness (QED) is 0.867. The van der Waals surface area contributed by atoms with Gasteiger partial charge in [0, 0.05) is 17.7 Å². The number of rotatable bonds is 4. The Labute approximate surface area is 135 Å². The van der Waals surface area contributed by atoms with Crippen LogP contribution >= 0.6 is 0 Å². The van der Waals surface area contributed by atoms with Crippen LogP contribution in [0.1, 0.15) is 36.2 Å². The number of sulfonamides is 1. The van der Waals surface area contributed by atoms with E-state index in [0.717, 1.165) is 16.8 Å². The molecule has 0 amide bonds. The first-order valence-corrected chi connectivity index (χ1v) is 9.00. The van der Waals surface area contributed by atoms with E-state index in [4.69, 9.17) is 0 Å². The fourth-order valence-electron chi connectivity index (χ4n) is 3.13. The standard InChI is InChI=1S/C16H19N3O3S/c1-3-16-14-9-17-18-15(14)8-12(10-20)19(16)23(21,22)13-6-4-11(2)5-7-13/h4-7,9-10,12,16H,3,8H2,1-2H3,(H,17,18). The lowest BCUT2D eigenvalue weighted by Crippen LogP contribution is -2.47. The van der Waals surface area contributed by atoms with Crippen molar-refractivity contribution in [2.45, 2.75) is 43.7 Å². The van der Waals surface area contributed by atoms with E-state index < -0.39 is 16.1 Å². The number of aldehydes is 1. The molecule has 7 heteroatoms. The minimum atomic E-state index is -3.76. The third kappa shape index (κ3) is 2.60. The molecule has 0 radical (unpaired) electrons. The van der Waals surface area contributed by atoms with E-state index in [1.807, 2.05) is 13.8 Å². The van der Waals surface area contributed by atoms with Crippen LogP contribution in [0.2, 0.25) is 0 Å². The molecule has 0 spiro atoms. The van der Waals surface area contributed by atoms with Crippen molar-refractivity contribution in [3.8, 4) is 0 Å². The van der Waals surface area contributed by atoms with E-state index in [-0.39, 0.29) is 10.9 Å². The molecule has 2 unspecified atom stereocenters. The number of nitrogens with zero attached hydrogens (tertiary/aromatic N) is 2. The van der Waals surface area contributed by atoms with Crippen LogP contribution < -0.4 is 0 Å². The Bertz CT molecular complexity index is 811. The molecule has 2 aromatic rings. The number of H-pyrrole nitrogens is 1. The molecule has 6 nitrogen and oxygen atoms in total. The van der Waals surface area contributed by atoms with Crippen molar-refractivity contribution in [1.82, 2.24) is 14.5 Å². The molecule has 2 heterocycles. The molecule has 2 atom stereocenters. The molecule has 1 aliphatic rings. The second-order valence-electron chi connectivity index (χ2n) is 5.78. The van der Waals surface area contributed by atoms with Gasteiger partial charge < -0.3 is 4.79 Å². The number of aromatic nitrogens is 2. The first kappa shape index (κ1) is 15.9. The van der Waals surface area contributed by atoms with Crippen molar-refractivity contribution < 1.29 is 13.2 Å². The summed E-state index contributed by atoms with van der Waals surface area (Å²) in [5.74, 6) is 0. The minimum Gasteiger partial charge on any atom is -0.302 e. The Hall–Kier alpha value is -1.99. The fourth-order valence-corrected chi connectivity index (χ4v) is 4.93. The van der Waals surface area contributed by atoms with Gasteiger partial charge in [-0.2, -0.15) is 9.40 Å². The van der Waals surface area contributed by atoms with Gasteiger partial charge in [-0.05, 0) is 25.5 Å². The summed E-state index contributed by atoms with van der Waals surface area (Å²) in [5.41, 5.74) is 2.67. The summed E-state index contributed by atoms with van der Waals surface area (Å²) in [5, 5.41) is 6.88. The van der Waals surface area contributed by atoms with E-state index in [1.54, 1.807) is 30.5 Å². The lowest BCUT2D eigenvalue weighted by molar-refractivity contribution is -0.111. The highest BCUT2D eigenvalue weighted by Crippen LogP contribution is 2.37. The third-order valence-corrected chi connectivity index (χ3v) is 6.25. The summed E-state index contributed by atoms with van der Waals surface area (Å²) in [7, 11) is -3.76. The van der Waals surface area contributed by atoms with Gasteiger partial charge in [0.2, 0.25) is 10.0 Å². The van der Waals surface area contributed by atoms with E-state index in [0.29, 0.717) is 19.1 Å². The van der Waals surface area contributed by atoms with Gasteiger partial charge in [-0.25, -0.2) is 8.42 Å². The highest BCUT2D eigenvalue weighted by Gasteiger charge is 2.42. The number of carbonyl (C=O) groups is 1. The van der Waals surface area contributed by atoms with Crippen LogP contribution in [0.15, 0.2) is 35.4 Å². The molecule has 1 N–H and O–H groups in total. The normalized spacial score (nSPS) is 21.8. The zero-order valence-corrected chi connectivity index (χ0v) is 13.9. The molecule has 1 aromatic heterocycles. The second kappa shape index (κ2) is 5.90. The highest BCUT2D eigenvalue weighted by atomic mass is 32.2. The lowest BCUT2D eigenvalue weighted by atomic mass is 9.95. The largest absolute Gasteiger partial charge is 0.302 e. The van der Waals surface area contributed by atoms with Gasteiger partial charge in [0.15, 0.2) is 0 Å². The molecule has 0 saturated carbocycles. The molecule has 0 aliphatic carbocycles. The van der Waals surface area contributed by atoms with E-state index in [9.17, 15) is 13.2 Å². The molecule has 0 bridgehead atoms. The van der Waals surface area contributed by atoms with Crippen LogP contribution in [0.3, 0.4) is 0 Å². The van der Waals surface area contributed by atoms with Gasteiger partial charge in [-0.3, -0.25) is 5.10 Å². The molecular formula is C16H19N3O3S. The Morgan fingerprint density at radius 2 is 2.04 bits per heavy atom. The molecule has 23 heavy (non-hydrogen) atoms. The Balaban J connectivity index is 2.11. The zero-order chi connectivity index (χ0) is 16.6. The van der Waals surface area contributed by atoms with Crippen molar-refractivity contribution in [2.24, 2.45) is 0 Å². The van der Waals surface area contributed by atoms with Crippen LogP contribution in [0, 0.1) is 6.92 Å². The molecule has 1 aromatic carbocycles. The van der Waals surface area contributed by atoms with Gasteiger partial charge in [0.1, 0.15) is 6.29 Å². The van der Waals surface area contributed by atoms with Crippen LogP contribution in [0.4, 0.5) is 0 Å². The van der Waals surface area contributed by atoms with Crippen molar-refractivity contribution in [1.29, 1.82) is 0 Å². The summed E-state index contributed by atoms with van der Waals surface area (Å²) >= 11 is 0. The predicted molar refractivity (Wildman–Crippen MR) is 85.4 cm³/mol. The van der Waals surface area contributed by atoms with E-state index in [1.165, 1.54) is 4.31 Å². The van der Waals surface area contributed by atoms with Crippen LogP contribution in [0.25, 0.3) is 0 Å². The fraction of sp³-hybridized carbons (Fsp3) is 0.375. The topological polar surface area (TPSA) is 83.1 Å². The maximum absolute atomic E-state index is 13.1. The van der Waals surface area contributed by atoms with Crippen LogP contribution in [-0.4, -0.2) is 35.2 Å². The van der Waals surface area contributed by atoms with Gasteiger partial charge >= 0.3 is 0 Å². The number of nitrogens with one attached hydrogen (secondary N) is 1. The molecular weight excluding hydrogens is 314 g/mol. The first-order valence-electron chi connectivity index (χ1n) is 7.56. The summed E-state index contributed by atoms with van der Waals surface area (Å²) in [6.07, 6.45) is 3.25. The number of aromatic amines is 1. The Morgan fingerprint density at radius 3 is 2.65 bits per heavy atom. The smallest absolute Gasteiger partial charge is 0.244 e. The van der Waals surface area contributed by atoms with Gasteiger partial charge in [0.25, 0.3) is 0 Å². The molecule has 1 aliphatic heterocycles. The number of hydrogen-bond donors (Lipinski definition) is 1. The average molecular weight is 333 g/mol. The highest BCUT2D eigenvalue weighted by molar-refractivity contribution is 7.89. The molecule has 0 saturated heterocycles. The number of carbonyl (C=O) groups excluding carboxylic acids is 1. The van der Waals surface area contributed by atoms with Crippen LogP contribution in [0.5, 0.6) is 0 Å². The maximum atomic E-state index is 13.1. The van der Waals surface area contributed by atoms with Crippen molar-refractivity contribution >= 4 is 16.3 Å². The third-order valence-electron chi connectivity index (χ3n) is 4.30. The Morgan fingerprint density at radius 1 is 1.35 bits per heavy atom. The average Bonchev–Trinajstić information content (AvgIpc) is 3.01. The molecule has 122 valence electrons. The van der Waals surface area contributed by atoms with Gasteiger partial charge in [-0.1, -0.05) is 24.6 Å². The van der Waals surface area contributed by atoms with Crippen molar-refractivity contribution in [2.75, 3.05) is 0 Å². The molecule has 0 fully saturated rings. The van der Waals surface area contributed by atoms with E-state index >= 15 is 0 Å². The van der Waals surface area contributed by atoms with Crippen LogP contribution in [-0.2, 0) is 21.2 Å². The first-order chi connectivity index (χ1) is 11.0. The van der Waals surface area contributed by atoms with Gasteiger partial charge in [0.05, 0.1) is 23.2 Å².